The van der Waals surface area contributed by atoms with E-state index in [1.165, 1.54) is 11.4 Å². The normalized spacial score (nSPS) is 27.7. The Morgan fingerprint density at radius 2 is 2.47 bits per heavy atom. The van der Waals surface area contributed by atoms with Gasteiger partial charge in [0.05, 0.1) is 6.04 Å². The highest BCUT2D eigenvalue weighted by atomic mass is 32.1. The molecule has 1 saturated heterocycles. The zero-order valence-electron chi connectivity index (χ0n) is 9.39. The lowest BCUT2D eigenvalue weighted by Crippen LogP contribution is -2.33. The van der Waals surface area contributed by atoms with Crippen LogP contribution in [0.1, 0.15) is 31.3 Å². The average molecular weight is 225 g/mol. The summed E-state index contributed by atoms with van der Waals surface area (Å²) < 4.78 is 0. The minimum atomic E-state index is 0.454. The van der Waals surface area contributed by atoms with Crippen LogP contribution in [0.15, 0.2) is 11.6 Å². The highest BCUT2D eigenvalue weighted by Gasteiger charge is 2.37. The molecule has 2 N–H and O–H groups in total. The van der Waals surface area contributed by atoms with E-state index >= 15 is 0 Å². The van der Waals surface area contributed by atoms with E-state index in [0.29, 0.717) is 18.0 Å². The van der Waals surface area contributed by atoms with Crippen molar-refractivity contribution in [1.82, 2.24) is 9.88 Å². The van der Waals surface area contributed by atoms with Crippen LogP contribution < -0.4 is 5.73 Å². The highest BCUT2D eigenvalue weighted by molar-refractivity contribution is 7.09. The van der Waals surface area contributed by atoms with Crippen LogP contribution >= 0.6 is 11.3 Å². The van der Waals surface area contributed by atoms with Gasteiger partial charge in [0, 0.05) is 17.6 Å². The van der Waals surface area contributed by atoms with Gasteiger partial charge in [-0.1, -0.05) is 0 Å². The zero-order chi connectivity index (χ0) is 10.8. The van der Waals surface area contributed by atoms with Crippen LogP contribution in [-0.2, 0) is 0 Å². The van der Waals surface area contributed by atoms with Gasteiger partial charge in [0.2, 0.25) is 0 Å². The Balaban J connectivity index is 2.22. The van der Waals surface area contributed by atoms with Crippen LogP contribution in [0.25, 0.3) is 0 Å². The molecule has 0 bridgehead atoms. The van der Waals surface area contributed by atoms with Crippen LogP contribution in [-0.4, -0.2) is 29.0 Å². The number of nitrogens with two attached hydrogens (primary N) is 1. The maximum atomic E-state index is 5.84. The molecule has 4 heteroatoms. The number of rotatable bonds is 3. The molecule has 15 heavy (non-hydrogen) atoms. The van der Waals surface area contributed by atoms with Gasteiger partial charge in [-0.15, -0.1) is 11.3 Å². The summed E-state index contributed by atoms with van der Waals surface area (Å²) in [5.41, 5.74) is 5.84. The molecule has 1 fully saturated rings. The highest BCUT2D eigenvalue weighted by Crippen LogP contribution is 2.38. The molecule has 1 aromatic rings. The average Bonchev–Trinajstić information content (AvgIpc) is 2.85. The molecule has 2 unspecified atom stereocenters. The lowest BCUT2D eigenvalue weighted by molar-refractivity contribution is 0.184. The Hall–Kier alpha value is -0.450. The standard InChI is InChI=1S/C11H19N3S/c1-8(2)14-5-3-9(7-12)10(14)11-13-4-6-15-11/h4,6,8-10H,3,5,7,12H2,1-2H3. The van der Waals surface area contributed by atoms with E-state index in [2.05, 4.69) is 29.1 Å². The van der Waals surface area contributed by atoms with E-state index in [1.807, 2.05) is 6.20 Å². The van der Waals surface area contributed by atoms with E-state index in [9.17, 15) is 0 Å². The predicted octanol–water partition coefficient (Wildman–Crippen LogP) is 1.87. The summed E-state index contributed by atoms with van der Waals surface area (Å²) in [4.78, 5) is 6.97. The van der Waals surface area contributed by atoms with Gasteiger partial charge in [-0.05, 0) is 39.3 Å². The Morgan fingerprint density at radius 3 is 3.00 bits per heavy atom. The molecule has 1 aliphatic heterocycles. The zero-order valence-corrected chi connectivity index (χ0v) is 10.2. The molecule has 2 heterocycles. The fraction of sp³-hybridized carbons (Fsp3) is 0.727. The molecule has 0 aromatic carbocycles. The van der Waals surface area contributed by atoms with Crippen molar-refractivity contribution >= 4 is 11.3 Å². The largest absolute Gasteiger partial charge is 0.330 e. The molecule has 1 aromatic heterocycles. The molecule has 2 atom stereocenters. The first-order chi connectivity index (χ1) is 7.24. The lowest BCUT2D eigenvalue weighted by atomic mass is 10.0. The third-order valence-electron chi connectivity index (χ3n) is 3.23. The van der Waals surface area contributed by atoms with E-state index in [-0.39, 0.29) is 0 Å². The number of thiazole rings is 1. The minimum Gasteiger partial charge on any atom is -0.330 e. The van der Waals surface area contributed by atoms with E-state index < -0.39 is 0 Å². The molecule has 0 saturated carbocycles. The van der Waals surface area contributed by atoms with Gasteiger partial charge in [-0.2, -0.15) is 0 Å². The molecule has 0 radical (unpaired) electrons. The van der Waals surface area contributed by atoms with Gasteiger partial charge < -0.3 is 5.73 Å². The summed E-state index contributed by atoms with van der Waals surface area (Å²) in [6, 6.07) is 1.03. The van der Waals surface area contributed by atoms with Crippen molar-refractivity contribution in [1.29, 1.82) is 0 Å². The topological polar surface area (TPSA) is 42.1 Å². The van der Waals surface area contributed by atoms with Crippen LogP contribution in [0.3, 0.4) is 0 Å². The molecule has 0 amide bonds. The quantitative estimate of drug-likeness (QED) is 0.854. The summed E-state index contributed by atoms with van der Waals surface area (Å²) in [5, 5.41) is 3.29. The van der Waals surface area contributed by atoms with Crippen molar-refractivity contribution in [3.05, 3.63) is 16.6 Å². The van der Waals surface area contributed by atoms with Crippen LogP contribution in [0.2, 0.25) is 0 Å². The summed E-state index contributed by atoms with van der Waals surface area (Å²) >= 11 is 1.75. The number of hydrogen-bond donors (Lipinski definition) is 1. The maximum Gasteiger partial charge on any atom is 0.110 e. The van der Waals surface area contributed by atoms with Crippen molar-refractivity contribution in [3.8, 4) is 0 Å². The number of nitrogens with zero attached hydrogens (tertiary/aromatic N) is 2. The SMILES string of the molecule is CC(C)N1CCC(CN)C1c1nccs1. The molecular formula is C11H19N3S. The third kappa shape index (κ3) is 2.07. The van der Waals surface area contributed by atoms with Gasteiger partial charge in [0.1, 0.15) is 5.01 Å². The van der Waals surface area contributed by atoms with Crippen LogP contribution in [0.4, 0.5) is 0 Å². The summed E-state index contributed by atoms with van der Waals surface area (Å²) in [6.45, 7) is 6.43. The molecule has 3 nitrogen and oxygen atoms in total. The lowest BCUT2D eigenvalue weighted by Gasteiger charge is -2.29. The summed E-state index contributed by atoms with van der Waals surface area (Å²) in [5.74, 6) is 0.582. The Morgan fingerprint density at radius 1 is 1.67 bits per heavy atom. The van der Waals surface area contributed by atoms with E-state index in [0.717, 1.165) is 13.1 Å². The molecule has 0 spiro atoms. The molecule has 84 valence electrons. The Kier molecular flexibility index (Phi) is 3.38. The van der Waals surface area contributed by atoms with Gasteiger partial charge in [-0.25, -0.2) is 4.98 Å². The smallest absolute Gasteiger partial charge is 0.110 e. The second kappa shape index (κ2) is 4.60. The first-order valence-electron chi connectivity index (χ1n) is 5.59. The van der Waals surface area contributed by atoms with Gasteiger partial charge in [0.25, 0.3) is 0 Å². The van der Waals surface area contributed by atoms with E-state index in [1.54, 1.807) is 11.3 Å². The Bertz CT molecular complexity index is 297. The van der Waals surface area contributed by atoms with Gasteiger partial charge >= 0.3 is 0 Å². The first-order valence-corrected chi connectivity index (χ1v) is 6.47. The van der Waals surface area contributed by atoms with Crippen molar-refractivity contribution in [3.63, 3.8) is 0 Å². The minimum absolute atomic E-state index is 0.454. The van der Waals surface area contributed by atoms with Crippen LogP contribution in [0.5, 0.6) is 0 Å². The van der Waals surface area contributed by atoms with Crippen molar-refractivity contribution in [2.24, 2.45) is 11.7 Å². The van der Waals surface area contributed by atoms with E-state index in [4.69, 9.17) is 5.73 Å². The summed E-state index contributed by atoms with van der Waals surface area (Å²) in [7, 11) is 0. The molecule has 2 rings (SSSR count). The second-order valence-corrected chi connectivity index (χ2v) is 5.36. The Labute approximate surface area is 95.3 Å². The van der Waals surface area contributed by atoms with Crippen LogP contribution in [0, 0.1) is 5.92 Å². The van der Waals surface area contributed by atoms with Gasteiger partial charge in [-0.3, -0.25) is 4.90 Å². The fourth-order valence-corrected chi connectivity index (χ4v) is 3.28. The van der Waals surface area contributed by atoms with Crippen molar-refractivity contribution in [2.75, 3.05) is 13.1 Å². The first kappa shape index (κ1) is 11.0. The molecule has 0 aliphatic carbocycles. The predicted molar refractivity (Wildman–Crippen MR) is 63.9 cm³/mol. The summed E-state index contributed by atoms with van der Waals surface area (Å²) in [6.07, 6.45) is 3.10. The molecular weight excluding hydrogens is 206 g/mol. The fourth-order valence-electron chi connectivity index (χ4n) is 2.43. The maximum absolute atomic E-state index is 5.84. The number of aromatic nitrogens is 1. The molecule has 1 aliphatic rings. The number of hydrogen-bond acceptors (Lipinski definition) is 4. The second-order valence-electron chi connectivity index (χ2n) is 4.43. The van der Waals surface area contributed by atoms with Gasteiger partial charge in [0.15, 0.2) is 0 Å². The van der Waals surface area contributed by atoms with Crippen molar-refractivity contribution < 1.29 is 0 Å². The monoisotopic (exact) mass is 225 g/mol. The third-order valence-corrected chi connectivity index (χ3v) is 4.08. The number of likely N-dealkylation sites (tertiary alicyclic amines) is 1. The van der Waals surface area contributed by atoms with Crippen molar-refractivity contribution in [2.45, 2.75) is 32.4 Å².